The van der Waals surface area contributed by atoms with Gasteiger partial charge in [0.1, 0.15) is 6.54 Å². The van der Waals surface area contributed by atoms with Gasteiger partial charge in [0.05, 0.1) is 11.9 Å². The predicted octanol–water partition coefficient (Wildman–Crippen LogP) is 2.33. The van der Waals surface area contributed by atoms with Gasteiger partial charge in [0.15, 0.2) is 6.54 Å². The highest BCUT2D eigenvalue weighted by atomic mass is 32.1. The summed E-state index contributed by atoms with van der Waals surface area (Å²) in [5.74, 6) is 0.0686. The topological polar surface area (TPSA) is 33.5 Å². The molecule has 0 bridgehead atoms. The van der Waals surface area contributed by atoms with Gasteiger partial charge >= 0.3 is 0 Å². The lowest BCUT2D eigenvalue weighted by Crippen LogP contribution is -3.08. The van der Waals surface area contributed by atoms with Gasteiger partial charge < -0.3 is 10.2 Å². The number of carbonyl (C=O) groups excluding carboxylic acids is 1. The maximum atomic E-state index is 12.2. The van der Waals surface area contributed by atoms with E-state index in [9.17, 15) is 4.79 Å². The molecule has 21 heavy (non-hydrogen) atoms. The van der Waals surface area contributed by atoms with Crippen LogP contribution >= 0.6 is 11.3 Å². The summed E-state index contributed by atoms with van der Waals surface area (Å²) in [6, 6.07) is 8.18. The zero-order valence-electron chi connectivity index (χ0n) is 13.1. The number of nitrogens with one attached hydrogen (secondary N) is 2. The summed E-state index contributed by atoms with van der Waals surface area (Å²) in [4.78, 5) is 14.8. The molecule has 1 aromatic carbocycles. The van der Waals surface area contributed by atoms with Gasteiger partial charge in [0, 0.05) is 5.69 Å². The van der Waals surface area contributed by atoms with Crippen molar-refractivity contribution in [1.29, 1.82) is 0 Å². The molecule has 0 saturated heterocycles. The zero-order chi connectivity index (χ0) is 15.4. The van der Waals surface area contributed by atoms with Crippen LogP contribution in [0.1, 0.15) is 21.6 Å². The summed E-state index contributed by atoms with van der Waals surface area (Å²) < 4.78 is 0. The smallest absolute Gasteiger partial charge is 0.279 e. The number of benzene rings is 1. The van der Waals surface area contributed by atoms with Crippen LogP contribution in [-0.2, 0) is 11.3 Å². The molecule has 1 atom stereocenters. The molecule has 1 heterocycles. The normalized spacial score (nSPS) is 12.2. The number of para-hydroxylation sites is 1. The second-order valence-electron chi connectivity index (χ2n) is 5.65. The van der Waals surface area contributed by atoms with Gasteiger partial charge in [-0.1, -0.05) is 18.2 Å². The Morgan fingerprint density at radius 2 is 1.81 bits per heavy atom. The van der Waals surface area contributed by atoms with Gasteiger partial charge in [-0.3, -0.25) is 4.79 Å². The second-order valence-corrected chi connectivity index (χ2v) is 6.65. The Morgan fingerprint density at radius 1 is 1.14 bits per heavy atom. The van der Waals surface area contributed by atoms with E-state index in [1.807, 2.05) is 32.0 Å². The number of aryl methyl sites for hydroxylation is 3. The van der Waals surface area contributed by atoms with Crippen molar-refractivity contribution in [2.45, 2.75) is 27.3 Å². The van der Waals surface area contributed by atoms with Crippen molar-refractivity contribution in [3.63, 3.8) is 0 Å². The van der Waals surface area contributed by atoms with Crippen LogP contribution in [0.2, 0.25) is 0 Å². The maximum absolute atomic E-state index is 12.2. The van der Waals surface area contributed by atoms with Gasteiger partial charge in [-0.05, 0) is 48.9 Å². The first-order chi connectivity index (χ1) is 9.97. The molecule has 0 saturated carbocycles. The lowest BCUT2D eigenvalue weighted by atomic mass is 10.1. The molecule has 0 spiro atoms. The van der Waals surface area contributed by atoms with Crippen molar-refractivity contribution in [2.75, 3.05) is 18.9 Å². The third kappa shape index (κ3) is 4.16. The van der Waals surface area contributed by atoms with Crippen LogP contribution in [0.15, 0.2) is 29.6 Å². The average Bonchev–Trinajstić information content (AvgIpc) is 2.79. The van der Waals surface area contributed by atoms with Crippen molar-refractivity contribution < 1.29 is 9.69 Å². The molecule has 0 aliphatic heterocycles. The van der Waals surface area contributed by atoms with Crippen LogP contribution in [0.25, 0.3) is 0 Å². The zero-order valence-corrected chi connectivity index (χ0v) is 13.9. The maximum Gasteiger partial charge on any atom is 0.279 e. The Morgan fingerprint density at radius 3 is 2.38 bits per heavy atom. The molecule has 0 radical (unpaired) electrons. The molecule has 3 nitrogen and oxygen atoms in total. The fourth-order valence-corrected chi connectivity index (χ4v) is 3.41. The summed E-state index contributed by atoms with van der Waals surface area (Å²) in [5, 5.41) is 5.15. The number of hydrogen-bond acceptors (Lipinski definition) is 2. The summed E-state index contributed by atoms with van der Waals surface area (Å²) in [7, 11) is 2.06. The van der Waals surface area contributed by atoms with Crippen LogP contribution in [0.3, 0.4) is 0 Å². The Labute approximate surface area is 130 Å². The summed E-state index contributed by atoms with van der Waals surface area (Å²) >= 11 is 1.76. The second kappa shape index (κ2) is 6.87. The standard InChI is InChI=1S/C17H22N2OS/c1-12-8-9-21-15(12)10-19(4)11-16(20)18-17-13(2)6-5-7-14(17)3/h5-9H,10-11H2,1-4H3,(H,18,20)/p+1. The van der Waals surface area contributed by atoms with Crippen molar-refractivity contribution in [3.05, 3.63) is 51.2 Å². The van der Waals surface area contributed by atoms with E-state index in [1.165, 1.54) is 15.3 Å². The molecule has 2 rings (SSSR count). The largest absolute Gasteiger partial charge is 0.325 e. The Hall–Kier alpha value is -1.65. The highest BCUT2D eigenvalue weighted by Crippen LogP contribution is 2.19. The minimum absolute atomic E-state index is 0.0686. The van der Waals surface area contributed by atoms with Crippen molar-refractivity contribution >= 4 is 22.9 Å². The number of quaternary nitrogens is 1. The third-order valence-corrected chi connectivity index (χ3v) is 4.66. The Bertz CT molecular complexity index is 613. The predicted molar refractivity (Wildman–Crippen MR) is 89.1 cm³/mol. The molecule has 1 amide bonds. The fourth-order valence-electron chi connectivity index (χ4n) is 2.39. The number of amides is 1. The van der Waals surface area contributed by atoms with Crippen LogP contribution in [0.4, 0.5) is 5.69 Å². The minimum atomic E-state index is 0.0686. The molecule has 0 aliphatic rings. The number of rotatable bonds is 5. The van der Waals surface area contributed by atoms with Crippen molar-refractivity contribution in [1.82, 2.24) is 0 Å². The first kappa shape index (κ1) is 15.7. The number of carbonyl (C=O) groups is 1. The first-order valence-electron chi connectivity index (χ1n) is 7.17. The molecule has 2 N–H and O–H groups in total. The molecule has 1 aromatic heterocycles. The molecule has 2 aromatic rings. The van der Waals surface area contributed by atoms with E-state index in [0.717, 1.165) is 23.4 Å². The molecule has 1 unspecified atom stereocenters. The lowest BCUT2D eigenvalue weighted by Gasteiger charge is -2.15. The van der Waals surface area contributed by atoms with E-state index >= 15 is 0 Å². The molecule has 0 aliphatic carbocycles. The molecule has 4 heteroatoms. The highest BCUT2D eigenvalue weighted by Gasteiger charge is 2.14. The average molecular weight is 303 g/mol. The summed E-state index contributed by atoms with van der Waals surface area (Å²) in [6.45, 7) is 7.53. The van der Waals surface area contributed by atoms with Crippen LogP contribution in [0, 0.1) is 20.8 Å². The molecule has 112 valence electrons. The van der Waals surface area contributed by atoms with Crippen LogP contribution in [0.5, 0.6) is 0 Å². The summed E-state index contributed by atoms with van der Waals surface area (Å²) in [5.41, 5.74) is 4.47. The van der Waals surface area contributed by atoms with E-state index in [1.54, 1.807) is 11.3 Å². The lowest BCUT2D eigenvalue weighted by molar-refractivity contribution is -0.884. The quantitative estimate of drug-likeness (QED) is 0.873. The monoisotopic (exact) mass is 303 g/mol. The SMILES string of the molecule is Cc1ccsc1C[NH+](C)CC(=O)Nc1c(C)cccc1C. The van der Waals surface area contributed by atoms with E-state index in [4.69, 9.17) is 0 Å². The third-order valence-electron chi connectivity index (χ3n) is 3.64. The molecular formula is C17H23N2OS+. The van der Waals surface area contributed by atoms with Gasteiger partial charge in [-0.2, -0.15) is 0 Å². The van der Waals surface area contributed by atoms with Crippen LogP contribution < -0.4 is 10.2 Å². The highest BCUT2D eigenvalue weighted by molar-refractivity contribution is 7.10. The van der Waals surface area contributed by atoms with E-state index in [2.05, 4.69) is 30.7 Å². The van der Waals surface area contributed by atoms with Crippen molar-refractivity contribution in [3.8, 4) is 0 Å². The number of anilines is 1. The first-order valence-corrected chi connectivity index (χ1v) is 8.05. The Balaban J connectivity index is 1.94. The Kier molecular flexibility index (Phi) is 5.15. The number of hydrogen-bond donors (Lipinski definition) is 2. The minimum Gasteiger partial charge on any atom is -0.325 e. The molecule has 0 fully saturated rings. The van der Waals surface area contributed by atoms with Crippen molar-refractivity contribution in [2.24, 2.45) is 0 Å². The van der Waals surface area contributed by atoms with E-state index in [0.29, 0.717) is 6.54 Å². The van der Waals surface area contributed by atoms with Gasteiger partial charge in [-0.25, -0.2) is 0 Å². The van der Waals surface area contributed by atoms with Gasteiger partial charge in [0.2, 0.25) is 0 Å². The van der Waals surface area contributed by atoms with E-state index in [-0.39, 0.29) is 5.91 Å². The molecular weight excluding hydrogens is 280 g/mol. The number of thiophene rings is 1. The van der Waals surface area contributed by atoms with Gasteiger partial charge in [-0.15, -0.1) is 11.3 Å². The fraction of sp³-hybridized carbons (Fsp3) is 0.353. The van der Waals surface area contributed by atoms with Crippen LogP contribution in [-0.4, -0.2) is 19.5 Å². The van der Waals surface area contributed by atoms with Gasteiger partial charge in [0.25, 0.3) is 5.91 Å². The number of likely N-dealkylation sites (N-methyl/N-ethyl adjacent to an activating group) is 1. The summed E-state index contributed by atoms with van der Waals surface area (Å²) in [6.07, 6.45) is 0. The van der Waals surface area contributed by atoms with E-state index < -0.39 is 0 Å².